The molecule has 0 bridgehead atoms. The third kappa shape index (κ3) is 4.41. The number of imide groups is 2. The maximum absolute atomic E-state index is 12.5. The Morgan fingerprint density at radius 1 is 1.17 bits per heavy atom. The first-order valence-electron chi connectivity index (χ1n) is 7.99. The van der Waals surface area contributed by atoms with Crippen LogP contribution in [0.15, 0.2) is 29.3 Å². The fraction of sp³-hybridized carbons (Fsp3) is 0.412. The Labute approximate surface area is 145 Å². The summed E-state index contributed by atoms with van der Waals surface area (Å²) in [5.74, 6) is -2.35. The van der Waals surface area contributed by atoms with Gasteiger partial charge in [-0.15, -0.1) is 0 Å². The highest BCUT2D eigenvalue weighted by molar-refractivity contribution is 6.33. The van der Waals surface area contributed by atoms with Crippen molar-refractivity contribution in [2.24, 2.45) is 10.9 Å². The minimum absolute atomic E-state index is 0.357. The molecule has 0 saturated carbocycles. The van der Waals surface area contributed by atoms with Crippen molar-refractivity contribution in [3.8, 4) is 0 Å². The molecule has 1 aromatic rings. The lowest BCUT2D eigenvalue weighted by Gasteiger charge is -2.28. The SMILES string of the molecule is CCCCCCN=CC1C(=O)NC(=O)N(c2ccc(Cl)cc2)C1=O. The molecule has 0 aliphatic carbocycles. The monoisotopic (exact) mass is 349 g/mol. The highest BCUT2D eigenvalue weighted by Crippen LogP contribution is 2.22. The third-order valence-electron chi connectivity index (χ3n) is 3.68. The summed E-state index contributed by atoms with van der Waals surface area (Å²) in [7, 11) is 0. The van der Waals surface area contributed by atoms with Gasteiger partial charge in [0.2, 0.25) is 5.91 Å². The number of amides is 4. The van der Waals surface area contributed by atoms with Crippen molar-refractivity contribution in [2.75, 3.05) is 11.4 Å². The normalized spacial score (nSPS) is 18.3. The molecule has 128 valence electrons. The fourth-order valence-corrected chi connectivity index (χ4v) is 2.49. The maximum atomic E-state index is 12.5. The van der Waals surface area contributed by atoms with E-state index in [1.165, 1.54) is 6.21 Å². The molecule has 7 heteroatoms. The molecule has 1 aromatic carbocycles. The number of hydrogen-bond donors (Lipinski definition) is 1. The summed E-state index contributed by atoms with van der Waals surface area (Å²) in [6.45, 7) is 2.68. The molecule has 0 radical (unpaired) electrons. The van der Waals surface area contributed by atoms with Gasteiger partial charge in [-0.25, -0.2) is 9.69 Å². The second-order valence-electron chi connectivity index (χ2n) is 5.54. The van der Waals surface area contributed by atoms with Crippen LogP contribution < -0.4 is 10.2 Å². The second-order valence-corrected chi connectivity index (χ2v) is 5.97. The summed E-state index contributed by atoms with van der Waals surface area (Å²) >= 11 is 5.82. The average Bonchev–Trinajstić information content (AvgIpc) is 2.55. The highest BCUT2D eigenvalue weighted by atomic mass is 35.5. The standard InChI is InChI=1S/C17H20ClN3O3/c1-2-3-4-5-10-19-11-14-15(22)20-17(24)21(16(14)23)13-8-6-12(18)7-9-13/h6-9,11,14H,2-5,10H2,1H3,(H,20,22,24). The van der Waals surface area contributed by atoms with Crippen molar-refractivity contribution in [1.29, 1.82) is 0 Å². The van der Waals surface area contributed by atoms with Crippen molar-refractivity contribution in [3.05, 3.63) is 29.3 Å². The zero-order chi connectivity index (χ0) is 17.5. The van der Waals surface area contributed by atoms with Gasteiger partial charge in [0.1, 0.15) is 0 Å². The van der Waals surface area contributed by atoms with Crippen molar-refractivity contribution >= 4 is 41.3 Å². The first-order valence-corrected chi connectivity index (χ1v) is 8.36. The fourth-order valence-electron chi connectivity index (χ4n) is 2.37. The van der Waals surface area contributed by atoms with E-state index < -0.39 is 23.8 Å². The number of carbonyl (C=O) groups is 3. The van der Waals surface area contributed by atoms with Gasteiger partial charge in [0.15, 0.2) is 5.92 Å². The number of carbonyl (C=O) groups excluding carboxylic acids is 3. The molecular weight excluding hydrogens is 330 g/mol. The number of barbiturate groups is 1. The molecule has 6 nitrogen and oxygen atoms in total. The van der Waals surface area contributed by atoms with Gasteiger partial charge < -0.3 is 0 Å². The van der Waals surface area contributed by atoms with E-state index in [4.69, 9.17) is 11.6 Å². The molecule has 1 aliphatic rings. The van der Waals surface area contributed by atoms with E-state index in [9.17, 15) is 14.4 Å². The summed E-state index contributed by atoms with van der Waals surface area (Å²) in [6.07, 6.45) is 5.57. The number of halogens is 1. The molecular formula is C17H20ClN3O3. The van der Waals surface area contributed by atoms with Gasteiger partial charge in [0.25, 0.3) is 5.91 Å². The van der Waals surface area contributed by atoms with Crippen LogP contribution in [-0.4, -0.2) is 30.6 Å². The Hall–Kier alpha value is -2.21. The molecule has 2 rings (SSSR count). The summed E-state index contributed by atoms with van der Waals surface area (Å²) < 4.78 is 0. The van der Waals surface area contributed by atoms with Crippen LogP contribution in [0.25, 0.3) is 0 Å². The molecule has 1 N–H and O–H groups in total. The summed E-state index contributed by atoms with van der Waals surface area (Å²) in [5, 5.41) is 2.68. The number of urea groups is 1. The van der Waals surface area contributed by atoms with E-state index in [0.29, 0.717) is 17.3 Å². The lowest BCUT2D eigenvalue weighted by Crippen LogP contribution is -2.58. The smallest absolute Gasteiger partial charge is 0.296 e. The number of anilines is 1. The number of aliphatic imine (C=N–C) groups is 1. The van der Waals surface area contributed by atoms with Crippen LogP contribution in [0, 0.1) is 5.92 Å². The molecule has 1 atom stereocenters. The molecule has 1 saturated heterocycles. The lowest BCUT2D eigenvalue weighted by molar-refractivity contribution is -0.131. The molecule has 24 heavy (non-hydrogen) atoms. The van der Waals surface area contributed by atoms with Crippen LogP contribution in [0.1, 0.15) is 32.6 Å². The van der Waals surface area contributed by atoms with Gasteiger partial charge in [-0.3, -0.25) is 19.9 Å². The number of unbranched alkanes of at least 4 members (excludes halogenated alkanes) is 3. The van der Waals surface area contributed by atoms with Crippen LogP contribution in [0.5, 0.6) is 0 Å². The predicted octanol–water partition coefficient (Wildman–Crippen LogP) is 3.19. The van der Waals surface area contributed by atoms with Crippen LogP contribution in [0.2, 0.25) is 5.02 Å². The van der Waals surface area contributed by atoms with Gasteiger partial charge in [0.05, 0.1) is 5.69 Å². The van der Waals surface area contributed by atoms with Crippen LogP contribution >= 0.6 is 11.6 Å². The average molecular weight is 350 g/mol. The number of nitrogens with zero attached hydrogens (tertiary/aromatic N) is 2. The zero-order valence-electron chi connectivity index (χ0n) is 13.5. The first kappa shape index (κ1) is 18.1. The summed E-state index contributed by atoms with van der Waals surface area (Å²) in [6, 6.07) is 5.48. The summed E-state index contributed by atoms with van der Waals surface area (Å²) in [5.41, 5.74) is 0.357. The molecule has 1 unspecified atom stereocenters. The summed E-state index contributed by atoms with van der Waals surface area (Å²) in [4.78, 5) is 41.5. The number of rotatable bonds is 7. The molecule has 1 heterocycles. The van der Waals surface area contributed by atoms with Gasteiger partial charge in [-0.2, -0.15) is 0 Å². The van der Waals surface area contributed by atoms with E-state index in [2.05, 4.69) is 17.2 Å². The predicted molar refractivity (Wildman–Crippen MR) is 93.5 cm³/mol. The van der Waals surface area contributed by atoms with Crippen molar-refractivity contribution < 1.29 is 14.4 Å². The minimum atomic E-state index is -1.09. The van der Waals surface area contributed by atoms with E-state index in [0.717, 1.165) is 30.6 Å². The zero-order valence-corrected chi connectivity index (χ0v) is 14.3. The molecule has 1 fully saturated rings. The molecule has 4 amide bonds. The molecule has 0 spiro atoms. The van der Waals surface area contributed by atoms with E-state index >= 15 is 0 Å². The Balaban J connectivity index is 2.07. The Morgan fingerprint density at radius 3 is 2.54 bits per heavy atom. The lowest BCUT2D eigenvalue weighted by atomic mass is 10.1. The van der Waals surface area contributed by atoms with Gasteiger partial charge in [0, 0.05) is 17.8 Å². The Bertz CT molecular complexity index is 643. The van der Waals surface area contributed by atoms with Crippen molar-refractivity contribution in [2.45, 2.75) is 32.6 Å². The van der Waals surface area contributed by atoms with Crippen LogP contribution in [0.3, 0.4) is 0 Å². The van der Waals surface area contributed by atoms with Crippen molar-refractivity contribution in [1.82, 2.24) is 5.32 Å². The van der Waals surface area contributed by atoms with Gasteiger partial charge in [-0.1, -0.05) is 37.8 Å². The molecule has 1 aliphatic heterocycles. The van der Waals surface area contributed by atoms with E-state index in [-0.39, 0.29) is 0 Å². The third-order valence-corrected chi connectivity index (χ3v) is 3.93. The van der Waals surface area contributed by atoms with Gasteiger partial charge >= 0.3 is 6.03 Å². The number of benzene rings is 1. The van der Waals surface area contributed by atoms with Crippen LogP contribution in [0.4, 0.5) is 10.5 Å². The topological polar surface area (TPSA) is 78.8 Å². The van der Waals surface area contributed by atoms with Crippen LogP contribution in [-0.2, 0) is 9.59 Å². The van der Waals surface area contributed by atoms with Crippen molar-refractivity contribution in [3.63, 3.8) is 0 Å². The largest absolute Gasteiger partial charge is 0.335 e. The second kappa shape index (κ2) is 8.59. The highest BCUT2D eigenvalue weighted by Gasteiger charge is 2.40. The molecule has 0 aromatic heterocycles. The number of nitrogens with one attached hydrogen (secondary N) is 1. The minimum Gasteiger partial charge on any atom is -0.296 e. The first-order chi connectivity index (χ1) is 11.5. The van der Waals surface area contributed by atoms with E-state index in [1.807, 2.05) is 0 Å². The van der Waals surface area contributed by atoms with Gasteiger partial charge in [-0.05, 0) is 30.7 Å². The maximum Gasteiger partial charge on any atom is 0.335 e. The number of hydrogen-bond acceptors (Lipinski definition) is 4. The van der Waals surface area contributed by atoms with E-state index in [1.54, 1.807) is 24.3 Å². The Morgan fingerprint density at radius 2 is 1.88 bits per heavy atom. The quantitative estimate of drug-likeness (QED) is 0.466. The Kier molecular flexibility index (Phi) is 6.49.